The van der Waals surface area contributed by atoms with E-state index in [1.165, 1.54) is 11.1 Å². The number of benzene rings is 2. The van der Waals surface area contributed by atoms with Crippen LogP contribution < -0.4 is 14.8 Å². The molecule has 0 radical (unpaired) electrons. The molecule has 0 unspecified atom stereocenters. The summed E-state index contributed by atoms with van der Waals surface area (Å²) >= 11 is 0. The molecule has 0 fully saturated rings. The molecule has 0 aliphatic heterocycles. The van der Waals surface area contributed by atoms with Gasteiger partial charge in [-0.1, -0.05) is 74.4 Å². The Morgan fingerprint density at radius 2 is 1.70 bits per heavy atom. The van der Waals surface area contributed by atoms with Gasteiger partial charge >= 0.3 is 0 Å². The zero-order valence-electron chi connectivity index (χ0n) is 27.4. The first-order chi connectivity index (χ1) is 20.4. The van der Waals surface area contributed by atoms with Crippen LogP contribution in [0, 0.1) is 0 Å². The number of amides is 1. The third-order valence-corrected chi connectivity index (χ3v) is 8.67. The van der Waals surface area contributed by atoms with Gasteiger partial charge in [0.05, 0.1) is 12.3 Å². The van der Waals surface area contributed by atoms with Gasteiger partial charge in [-0.15, -0.1) is 9.73 Å². The predicted octanol–water partition coefficient (Wildman–Crippen LogP) is 8.11. The molecule has 2 aromatic heterocycles. The monoisotopic (exact) mass is 587 g/mol. The highest BCUT2D eigenvalue weighted by Crippen LogP contribution is 2.38. The van der Waals surface area contributed by atoms with Crippen LogP contribution in [0.1, 0.15) is 120 Å². The van der Waals surface area contributed by atoms with Gasteiger partial charge in [-0.25, -0.2) is 4.98 Å². The number of rotatable bonds is 14. The fourth-order valence-corrected chi connectivity index (χ4v) is 4.81. The van der Waals surface area contributed by atoms with E-state index >= 15 is 0 Å². The minimum absolute atomic E-state index is 0.0108. The lowest BCUT2D eigenvalue weighted by Gasteiger charge is -2.30. The van der Waals surface area contributed by atoms with Crippen LogP contribution in [0.5, 0.6) is 17.2 Å². The maximum Gasteiger partial charge on any atom is 0.251 e. The minimum Gasteiger partial charge on any atom is -0.493 e. The van der Waals surface area contributed by atoms with Crippen molar-refractivity contribution in [1.29, 1.82) is 0 Å². The lowest BCUT2D eigenvalue weighted by molar-refractivity contribution is 0.0951. The molecule has 0 saturated heterocycles. The van der Waals surface area contributed by atoms with Crippen molar-refractivity contribution in [1.82, 2.24) is 25.1 Å². The van der Waals surface area contributed by atoms with Crippen molar-refractivity contribution in [3.05, 3.63) is 70.7 Å². The second-order valence-corrected chi connectivity index (χ2v) is 12.9. The van der Waals surface area contributed by atoms with Crippen LogP contribution in [-0.2, 0) is 17.3 Å². The van der Waals surface area contributed by atoms with Crippen LogP contribution in [0.2, 0.25) is 0 Å². The van der Waals surface area contributed by atoms with Crippen LogP contribution in [0.25, 0.3) is 5.65 Å². The number of carbonyl (C=O) groups is 1. The molecule has 2 heterocycles. The summed E-state index contributed by atoms with van der Waals surface area (Å²) < 4.78 is 14.1. The molecule has 0 aliphatic rings. The van der Waals surface area contributed by atoms with Crippen LogP contribution in [0.3, 0.4) is 0 Å². The molecule has 0 bridgehead atoms. The van der Waals surface area contributed by atoms with Crippen LogP contribution in [0.4, 0.5) is 0 Å². The maximum absolute atomic E-state index is 12.8. The number of aromatic amines is 1. The van der Waals surface area contributed by atoms with E-state index in [4.69, 9.17) is 9.47 Å². The average Bonchev–Trinajstić information content (AvgIpc) is 3.56. The third kappa shape index (κ3) is 7.23. The average molecular weight is 588 g/mol. The number of aryl methyl sites for hydroxylation is 1. The summed E-state index contributed by atoms with van der Waals surface area (Å²) in [5.74, 6) is 3.08. The highest BCUT2D eigenvalue weighted by Gasteiger charge is 2.26. The topological polar surface area (TPSA) is 93.5 Å². The molecular formula is C35H49N5O3. The normalized spacial score (nSPS) is 12.2. The van der Waals surface area contributed by atoms with Gasteiger partial charge in [-0.3, -0.25) is 9.89 Å². The number of carbonyl (C=O) groups excluding carboxylic acids is 1. The Hall–Kier alpha value is -3.81. The lowest BCUT2D eigenvalue weighted by atomic mass is 9.76. The SMILES string of the molecule is CCc1[nH]n2nc(C(C)C)nc2c1Oc1ccc(C(=O)NCCCOc2ccc(C(C)(C)CC)cc2C(C)(C)CC)cc1. The zero-order chi connectivity index (χ0) is 31.4. The number of aromatic nitrogens is 4. The molecule has 2 aromatic carbocycles. The Morgan fingerprint density at radius 3 is 2.33 bits per heavy atom. The largest absolute Gasteiger partial charge is 0.493 e. The lowest BCUT2D eigenvalue weighted by Crippen LogP contribution is -2.26. The summed E-state index contributed by atoms with van der Waals surface area (Å²) in [6, 6.07) is 13.8. The van der Waals surface area contributed by atoms with Crippen molar-refractivity contribution in [2.24, 2.45) is 0 Å². The summed E-state index contributed by atoms with van der Waals surface area (Å²) in [4.78, 5) is 17.5. The molecule has 0 atom stereocenters. The second kappa shape index (κ2) is 13.2. The standard InChI is InChI=1S/C35H49N5O3/c1-10-28-30(32-37-31(23(4)5)39-40(32)38-28)43-26-17-14-24(15-18-26)33(41)36-20-13-21-42-29-19-16-25(34(6,7)11-2)22-27(29)35(8,9)12-3/h14-19,22-23,38H,10-13,20-21H2,1-9H3,(H,36,41). The first-order valence-corrected chi connectivity index (χ1v) is 15.7. The highest BCUT2D eigenvalue weighted by atomic mass is 16.5. The van der Waals surface area contributed by atoms with Gasteiger partial charge in [0.1, 0.15) is 11.5 Å². The Bertz CT molecular complexity index is 1530. The van der Waals surface area contributed by atoms with E-state index in [1.807, 2.05) is 0 Å². The molecule has 43 heavy (non-hydrogen) atoms. The number of hydrogen-bond donors (Lipinski definition) is 2. The van der Waals surface area contributed by atoms with Crippen molar-refractivity contribution in [2.45, 2.75) is 105 Å². The number of fused-ring (bicyclic) bond motifs is 1. The molecule has 2 N–H and O–H groups in total. The molecule has 1 amide bonds. The number of nitrogens with zero attached hydrogens (tertiary/aromatic N) is 3. The molecule has 4 rings (SSSR count). The van der Waals surface area contributed by atoms with Crippen molar-refractivity contribution in [2.75, 3.05) is 13.2 Å². The summed E-state index contributed by atoms with van der Waals surface area (Å²) in [7, 11) is 0. The molecule has 8 heteroatoms. The van der Waals surface area contributed by atoms with Gasteiger partial charge in [0.15, 0.2) is 11.6 Å². The fraction of sp³-hybridized carbons (Fsp3) is 0.514. The summed E-state index contributed by atoms with van der Waals surface area (Å²) in [6.07, 6.45) is 3.56. The van der Waals surface area contributed by atoms with Crippen LogP contribution >= 0.6 is 0 Å². The Kier molecular flexibility index (Phi) is 9.88. The van der Waals surface area contributed by atoms with Gasteiger partial charge in [0, 0.05) is 23.6 Å². The zero-order valence-corrected chi connectivity index (χ0v) is 27.4. The van der Waals surface area contributed by atoms with E-state index in [0.29, 0.717) is 42.3 Å². The number of nitrogens with one attached hydrogen (secondary N) is 2. The molecule has 0 saturated carbocycles. The summed E-state index contributed by atoms with van der Waals surface area (Å²) in [6.45, 7) is 20.8. The van der Waals surface area contributed by atoms with E-state index in [1.54, 1.807) is 28.9 Å². The molecule has 0 spiro atoms. The third-order valence-electron chi connectivity index (χ3n) is 8.67. The number of ether oxygens (including phenoxy) is 2. The van der Waals surface area contributed by atoms with E-state index in [2.05, 4.69) is 101 Å². The van der Waals surface area contributed by atoms with Gasteiger partial charge in [0.25, 0.3) is 5.91 Å². The van der Waals surface area contributed by atoms with Crippen LogP contribution in [-0.4, -0.2) is 38.9 Å². The van der Waals surface area contributed by atoms with E-state index in [-0.39, 0.29) is 22.7 Å². The second-order valence-electron chi connectivity index (χ2n) is 12.9. The molecular weight excluding hydrogens is 538 g/mol. The molecule has 8 nitrogen and oxygen atoms in total. The summed E-state index contributed by atoms with van der Waals surface area (Å²) in [5, 5.41) is 10.8. The van der Waals surface area contributed by atoms with Crippen LogP contribution in [0.15, 0.2) is 42.5 Å². The van der Waals surface area contributed by atoms with Gasteiger partial charge in [-0.2, -0.15) is 0 Å². The highest BCUT2D eigenvalue weighted by molar-refractivity contribution is 5.94. The molecule has 4 aromatic rings. The van der Waals surface area contributed by atoms with E-state index in [0.717, 1.165) is 36.5 Å². The Balaban J connectivity index is 1.33. The first-order valence-electron chi connectivity index (χ1n) is 15.7. The minimum atomic E-state index is -0.122. The fourth-order valence-electron chi connectivity index (χ4n) is 4.81. The van der Waals surface area contributed by atoms with Gasteiger partial charge in [0.2, 0.25) is 5.65 Å². The first kappa shape index (κ1) is 32.1. The number of hydrogen-bond acceptors (Lipinski definition) is 5. The van der Waals surface area contributed by atoms with E-state index in [9.17, 15) is 4.79 Å². The van der Waals surface area contributed by atoms with Gasteiger partial charge in [-0.05, 0) is 72.4 Å². The smallest absolute Gasteiger partial charge is 0.251 e. The van der Waals surface area contributed by atoms with Crippen molar-refractivity contribution >= 4 is 11.6 Å². The quantitative estimate of drug-likeness (QED) is 0.145. The van der Waals surface area contributed by atoms with Gasteiger partial charge < -0.3 is 14.8 Å². The Labute approximate surface area is 256 Å². The Morgan fingerprint density at radius 1 is 1.00 bits per heavy atom. The van der Waals surface area contributed by atoms with Crippen molar-refractivity contribution < 1.29 is 14.3 Å². The number of H-pyrrole nitrogens is 1. The predicted molar refractivity (Wildman–Crippen MR) is 173 cm³/mol. The van der Waals surface area contributed by atoms with Crippen molar-refractivity contribution in [3.8, 4) is 17.2 Å². The molecule has 232 valence electrons. The van der Waals surface area contributed by atoms with Crippen molar-refractivity contribution in [3.63, 3.8) is 0 Å². The van der Waals surface area contributed by atoms with E-state index < -0.39 is 0 Å². The summed E-state index contributed by atoms with van der Waals surface area (Å²) in [5.41, 5.74) is 4.87. The molecule has 0 aliphatic carbocycles. The maximum atomic E-state index is 12.8.